The van der Waals surface area contributed by atoms with Gasteiger partial charge in [-0.2, -0.15) is 4.80 Å². The number of tetrazole rings is 1. The summed E-state index contributed by atoms with van der Waals surface area (Å²) in [5.74, 6) is 1.13. The molecular weight excluding hydrogens is 321 g/mol. The molecule has 0 aliphatic heterocycles. The van der Waals surface area contributed by atoms with Gasteiger partial charge in [-0.1, -0.05) is 0 Å². The molecule has 16 heavy (non-hydrogen) atoms. The van der Waals surface area contributed by atoms with Crippen LogP contribution in [0.25, 0.3) is 0 Å². The number of nitrogens with two attached hydrogens (primary N) is 1. The molecule has 2 rings (SSSR count). The first-order chi connectivity index (χ1) is 7.16. The molecule has 7 nitrogen and oxygen atoms in total. The lowest BCUT2D eigenvalue weighted by molar-refractivity contribution is 0.487. The second-order valence-electron chi connectivity index (χ2n) is 3.71. The molecule has 1 saturated carbocycles. The standard InChI is InChI=1S/C8H15N7.HI/c1-14(6-3-4-6)8(9)10-5-7-11-13-15(2)12-7;/h6H,3-5H2,1-2H3,(H2,9,10);1H. The van der Waals surface area contributed by atoms with Gasteiger partial charge in [-0.15, -0.1) is 34.2 Å². The molecule has 1 fully saturated rings. The van der Waals surface area contributed by atoms with Crippen LogP contribution in [-0.2, 0) is 13.6 Å². The normalized spacial score (nSPS) is 15.8. The lowest BCUT2D eigenvalue weighted by Crippen LogP contribution is -2.35. The molecule has 2 N–H and O–H groups in total. The Bertz CT molecular complexity index is 370. The first-order valence-electron chi connectivity index (χ1n) is 4.92. The Balaban J connectivity index is 0.00000128. The highest BCUT2D eigenvalue weighted by Gasteiger charge is 2.27. The number of rotatable bonds is 3. The van der Waals surface area contributed by atoms with E-state index in [1.807, 2.05) is 11.9 Å². The van der Waals surface area contributed by atoms with E-state index in [2.05, 4.69) is 20.4 Å². The lowest BCUT2D eigenvalue weighted by atomic mass is 10.6. The largest absolute Gasteiger partial charge is 0.370 e. The predicted octanol–water partition coefficient (Wildman–Crippen LogP) is -0.263. The van der Waals surface area contributed by atoms with Crippen LogP contribution in [-0.4, -0.2) is 44.2 Å². The van der Waals surface area contributed by atoms with Crippen molar-refractivity contribution in [2.75, 3.05) is 7.05 Å². The van der Waals surface area contributed by atoms with Gasteiger partial charge in [0.2, 0.25) is 0 Å². The van der Waals surface area contributed by atoms with Crippen LogP contribution < -0.4 is 5.73 Å². The van der Waals surface area contributed by atoms with Crippen LogP contribution in [0.5, 0.6) is 0 Å². The molecule has 1 aromatic heterocycles. The highest BCUT2D eigenvalue weighted by atomic mass is 127. The van der Waals surface area contributed by atoms with Crippen molar-refractivity contribution in [2.24, 2.45) is 17.8 Å². The molecular formula is C8H16IN7. The van der Waals surface area contributed by atoms with E-state index in [0.29, 0.717) is 24.4 Å². The maximum absolute atomic E-state index is 5.81. The van der Waals surface area contributed by atoms with Crippen molar-refractivity contribution in [2.45, 2.75) is 25.4 Å². The zero-order valence-electron chi connectivity index (χ0n) is 9.37. The molecule has 0 bridgehead atoms. The summed E-state index contributed by atoms with van der Waals surface area (Å²) in [6.45, 7) is 0.386. The van der Waals surface area contributed by atoms with Gasteiger partial charge in [0.05, 0.1) is 7.05 Å². The summed E-state index contributed by atoms with van der Waals surface area (Å²) in [5, 5.41) is 11.6. The van der Waals surface area contributed by atoms with E-state index >= 15 is 0 Å². The van der Waals surface area contributed by atoms with Crippen molar-refractivity contribution in [3.05, 3.63) is 5.82 Å². The molecule has 8 heteroatoms. The lowest BCUT2D eigenvalue weighted by Gasteiger charge is -2.16. The fraction of sp³-hybridized carbons (Fsp3) is 0.750. The number of guanidine groups is 1. The summed E-state index contributed by atoms with van der Waals surface area (Å²) in [5.41, 5.74) is 5.81. The summed E-state index contributed by atoms with van der Waals surface area (Å²) in [6.07, 6.45) is 2.41. The van der Waals surface area contributed by atoms with Gasteiger partial charge in [0.1, 0.15) is 6.54 Å². The van der Waals surface area contributed by atoms with Crippen molar-refractivity contribution in [1.82, 2.24) is 25.1 Å². The van der Waals surface area contributed by atoms with Gasteiger partial charge < -0.3 is 10.6 Å². The van der Waals surface area contributed by atoms with Crippen molar-refractivity contribution >= 4 is 29.9 Å². The van der Waals surface area contributed by atoms with Crippen molar-refractivity contribution in [3.8, 4) is 0 Å². The van der Waals surface area contributed by atoms with E-state index in [9.17, 15) is 0 Å². The summed E-state index contributed by atoms with van der Waals surface area (Å²) < 4.78 is 0. The van der Waals surface area contributed by atoms with E-state index in [0.717, 1.165) is 0 Å². The SMILES string of the molecule is CN(C(N)=NCc1nnn(C)n1)C1CC1.I. The van der Waals surface area contributed by atoms with E-state index in [1.165, 1.54) is 17.6 Å². The Morgan fingerprint density at radius 1 is 1.62 bits per heavy atom. The van der Waals surface area contributed by atoms with Gasteiger partial charge in [-0.05, 0) is 18.1 Å². The maximum atomic E-state index is 5.81. The quantitative estimate of drug-likeness (QED) is 0.467. The molecule has 1 aliphatic carbocycles. The fourth-order valence-corrected chi connectivity index (χ4v) is 1.30. The third-order valence-electron chi connectivity index (χ3n) is 2.39. The molecule has 1 aliphatic rings. The number of halogens is 1. The topological polar surface area (TPSA) is 85.2 Å². The highest BCUT2D eigenvalue weighted by Crippen LogP contribution is 2.24. The third kappa shape index (κ3) is 3.29. The molecule has 0 saturated heterocycles. The van der Waals surface area contributed by atoms with E-state index in [1.54, 1.807) is 7.05 Å². The number of aryl methyl sites for hydroxylation is 1. The van der Waals surface area contributed by atoms with Gasteiger partial charge in [-0.25, -0.2) is 4.99 Å². The van der Waals surface area contributed by atoms with Crippen molar-refractivity contribution < 1.29 is 0 Å². The zero-order chi connectivity index (χ0) is 10.8. The van der Waals surface area contributed by atoms with Crippen molar-refractivity contribution in [3.63, 3.8) is 0 Å². The van der Waals surface area contributed by atoms with Crippen LogP contribution in [0.4, 0.5) is 0 Å². The predicted molar refractivity (Wildman–Crippen MR) is 70.3 cm³/mol. The maximum Gasteiger partial charge on any atom is 0.196 e. The zero-order valence-corrected chi connectivity index (χ0v) is 11.7. The second-order valence-corrected chi connectivity index (χ2v) is 3.71. The fourth-order valence-electron chi connectivity index (χ4n) is 1.30. The summed E-state index contributed by atoms with van der Waals surface area (Å²) in [6, 6.07) is 0.573. The van der Waals surface area contributed by atoms with Gasteiger partial charge >= 0.3 is 0 Å². The minimum atomic E-state index is 0. The number of nitrogens with zero attached hydrogens (tertiary/aromatic N) is 6. The Hall–Kier alpha value is -0.930. The van der Waals surface area contributed by atoms with Gasteiger partial charge in [0.25, 0.3) is 0 Å². The third-order valence-corrected chi connectivity index (χ3v) is 2.39. The molecule has 1 aromatic rings. The van der Waals surface area contributed by atoms with Crippen LogP contribution in [0.2, 0.25) is 0 Å². The van der Waals surface area contributed by atoms with Crippen molar-refractivity contribution in [1.29, 1.82) is 0 Å². The minimum absolute atomic E-state index is 0. The van der Waals surface area contributed by atoms with Crippen LogP contribution in [0.15, 0.2) is 4.99 Å². The van der Waals surface area contributed by atoms with Gasteiger partial charge in [0.15, 0.2) is 11.8 Å². The van der Waals surface area contributed by atoms with Crippen LogP contribution in [0.3, 0.4) is 0 Å². The molecule has 0 radical (unpaired) electrons. The number of aromatic nitrogens is 4. The van der Waals surface area contributed by atoms with Gasteiger partial charge in [0, 0.05) is 13.1 Å². The number of hydrogen-bond acceptors (Lipinski definition) is 4. The Kier molecular flexibility index (Phi) is 4.44. The average molecular weight is 337 g/mol. The van der Waals surface area contributed by atoms with Crippen LogP contribution >= 0.6 is 24.0 Å². The van der Waals surface area contributed by atoms with Crippen LogP contribution in [0, 0.1) is 0 Å². The average Bonchev–Trinajstić information content (AvgIpc) is 2.98. The van der Waals surface area contributed by atoms with E-state index in [-0.39, 0.29) is 24.0 Å². The Labute approximate surface area is 111 Å². The van der Waals surface area contributed by atoms with Gasteiger partial charge in [-0.3, -0.25) is 0 Å². The Morgan fingerprint density at radius 3 is 2.81 bits per heavy atom. The second kappa shape index (κ2) is 5.41. The first-order valence-corrected chi connectivity index (χ1v) is 4.92. The summed E-state index contributed by atoms with van der Waals surface area (Å²) >= 11 is 0. The van der Waals surface area contributed by atoms with E-state index < -0.39 is 0 Å². The molecule has 0 aromatic carbocycles. The molecule has 90 valence electrons. The molecule has 0 amide bonds. The summed E-state index contributed by atoms with van der Waals surface area (Å²) in [7, 11) is 3.68. The first kappa shape index (κ1) is 13.1. The Morgan fingerprint density at radius 2 is 2.31 bits per heavy atom. The number of aliphatic imine (C=N–C) groups is 1. The molecule has 1 heterocycles. The molecule has 0 atom stereocenters. The minimum Gasteiger partial charge on any atom is -0.370 e. The van der Waals surface area contributed by atoms with Crippen LogP contribution in [0.1, 0.15) is 18.7 Å². The van der Waals surface area contributed by atoms with E-state index in [4.69, 9.17) is 5.73 Å². The monoisotopic (exact) mass is 337 g/mol. The smallest absolute Gasteiger partial charge is 0.196 e. The number of hydrogen-bond donors (Lipinski definition) is 1. The summed E-state index contributed by atoms with van der Waals surface area (Å²) in [4.78, 5) is 7.62. The highest BCUT2D eigenvalue weighted by molar-refractivity contribution is 14.0. The molecule has 0 unspecified atom stereocenters. The molecule has 0 spiro atoms.